The highest BCUT2D eigenvalue weighted by atomic mass is 16.5. The standard InChI is InChI=1S/C77H151NO5/c1-3-5-7-9-11-13-15-17-18-40-44-47-51-55-59-63-67-71-77(82)83-72-68-64-60-56-52-48-45-42-39-37-35-33-31-29-27-25-23-21-19-20-22-24-26-28-30-32-34-36-38-41-43-46-50-54-58-62-66-70-76(81)78-74(73-79)75(80)69-65-61-57-53-49-16-14-12-10-8-6-4-2/h17-18,74-75,79-80H,3-16,19-73H2,1-2H3,(H,78,81)/b18-17-. The van der Waals surface area contributed by atoms with Gasteiger partial charge in [-0.25, -0.2) is 0 Å². The van der Waals surface area contributed by atoms with Gasteiger partial charge in [0.15, 0.2) is 0 Å². The maximum atomic E-state index is 12.5. The lowest BCUT2D eigenvalue weighted by Crippen LogP contribution is -2.45. The summed E-state index contributed by atoms with van der Waals surface area (Å²) in [7, 11) is 0. The molecule has 0 aliphatic rings. The van der Waals surface area contributed by atoms with Gasteiger partial charge in [0.2, 0.25) is 5.91 Å². The summed E-state index contributed by atoms with van der Waals surface area (Å²) < 4.78 is 5.51. The van der Waals surface area contributed by atoms with Gasteiger partial charge in [-0.2, -0.15) is 0 Å². The molecule has 0 bridgehead atoms. The Labute approximate surface area is 520 Å². The van der Waals surface area contributed by atoms with Crippen molar-refractivity contribution in [2.24, 2.45) is 0 Å². The molecule has 0 aromatic rings. The van der Waals surface area contributed by atoms with Gasteiger partial charge in [-0.05, 0) is 51.4 Å². The third-order valence-corrected chi connectivity index (χ3v) is 18.3. The van der Waals surface area contributed by atoms with Crippen LogP contribution in [0.2, 0.25) is 0 Å². The van der Waals surface area contributed by atoms with Crippen molar-refractivity contribution in [1.29, 1.82) is 0 Å². The monoisotopic (exact) mass is 1170 g/mol. The smallest absolute Gasteiger partial charge is 0.305 e. The number of unbranched alkanes of at least 4 members (excludes halogenated alkanes) is 60. The first-order chi connectivity index (χ1) is 41.0. The number of allylic oxidation sites excluding steroid dienone is 2. The first kappa shape index (κ1) is 81.6. The lowest BCUT2D eigenvalue weighted by Gasteiger charge is -2.22. The Kier molecular flexibility index (Phi) is 71.8. The Hall–Kier alpha value is -1.40. The number of hydrogen-bond acceptors (Lipinski definition) is 5. The van der Waals surface area contributed by atoms with E-state index in [9.17, 15) is 19.8 Å². The van der Waals surface area contributed by atoms with Crippen molar-refractivity contribution in [3.8, 4) is 0 Å². The van der Waals surface area contributed by atoms with Gasteiger partial charge in [0, 0.05) is 12.8 Å². The molecule has 0 aromatic heterocycles. The molecule has 6 nitrogen and oxygen atoms in total. The molecular weight excluding hydrogens is 1020 g/mol. The van der Waals surface area contributed by atoms with E-state index in [-0.39, 0.29) is 18.5 Å². The van der Waals surface area contributed by atoms with Crippen LogP contribution in [0.4, 0.5) is 0 Å². The Morgan fingerprint density at radius 1 is 0.325 bits per heavy atom. The Morgan fingerprint density at radius 3 is 0.855 bits per heavy atom. The van der Waals surface area contributed by atoms with Crippen molar-refractivity contribution in [2.45, 2.75) is 456 Å². The van der Waals surface area contributed by atoms with Crippen LogP contribution in [0.15, 0.2) is 12.2 Å². The van der Waals surface area contributed by atoms with Crippen molar-refractivity contribution in [1.82, 2.24) is 5.32 Å². The molecule has 0 aliphatic heterocycles. The number of nitrogens with one attached hydrogen (secondary N) is 1. The number of aliphatic hydroxyl groups is 2. The molecule has 2 atom stereocenters. The first-order valence-corrected chi connectivity index (χ1v) is 38.4. The van der Waals surface area contributed by atoms with E-state index in [0.717, 1.165) is 38.5 Å². The summed E-state index contributed by atoms with van der Waals surface area (Å²) in [5, 5.41) is 23.3. The highest BCUT2D eigenvalue weighted by Gasteiger charge is 2.20. The highest BCUT2D eigenvalue weighted by Crippen LogP contribution is 2.20. The molecule has 494 valence electrons. The fourth-order valence-electron chi connectivity index (χ4n) is 12.5. The average molecular weight is 1170 g/mol. The molecule has 2 unspecified atom stereocenters. The van der Waals surface area contributed by atoms with Crippen molar-refractivity contribution in [3.63, 3.8) is 0 Å². The number of aliphatic hydroxyl groups excluding tert-OH is 2. The quantitative estimate of drug-likeness (QED) is 0.0320. The van der Waals surface area contributed by atoms with Crippen molar-refractivity contribution in [2.75, 3.05) is 13.2 Å². The van der Waals surface area contributed by atoms with Crippen LogP contribution in [0.1, 0.15) is 444 Å². The molecule has 0 aliphatic carbocycles. The minimum atomic E-state index is -0.658. The second-order valence-electron chi connectivity index (χ2n) is 26.7. The molecule has 0 spiro atoms. The van der Waals surface area contributed by atoms with Crippen LogP contribution in [0, 0.1) is 0 Å². The predicted molar refractivity (Wildman–Crippen MR) is 366 cm³/mol. The van der Waals surface area contributed by atoms with E-state index in [4.69, 9.17) is 4.74 Å². The molecule has 0 saturated heterocycles. The molecule has 6 heteroatoms. The number of amides is 1. The number of carbonyl (C=O) groups is 2. The van der Waals surface area contributed by atoms with E-state index in [2.05, 4.69) is 31.3 Å². The Balaban J connectivity index is 3.27. The van der Waals surface area contributed by atoms with Crippen molar-refractivity contribution >= 4 is 11.9 Å². The van der Waals surface area contributed by atoms with E-state index < -0.39 is 12.1 Å². The SMILES string of the molecule is CCCCCCCC/C=C\CCCCCCCCCC(=O)OCCCCCCCCCCCCCCCCCCCCCCCCCCCCCCCCCCCCCCCC(=O)NC(CO)C(O)CCCCCCCCCCCCCC. The number of rotatable bonds is 73. The highest BCUT2D eigenvalue weighted by molar-refractivity contribution is 5.76. The van der Waals surface area contributed by atoms with E-state index in [0.29, 0.717) is 25.9 Å². The van der Waals surface area contributed by atoms with Gasteiger partial charge in [-0.3, -0.25) is 9.59 Å². The van der Waals surface area contributed by atoms with E-state index in [1.54, 1.807) is 0 Å². The van der Waals surface area contributed by atoms with Crippen molar-refractivity contribution in [3.05, 3.63) is 12.2 Å². The number of hydrogen-bond donors (Lipinski definition) is 3. The maximum Gasteiger partial charge on any atom is 0.305 e. The topological polar surface area (TPSA) is 95.9 Å². The summed E-state index contributed by atoms with van der Waals surface area (Å²) >= 11 is 0. The summed E-state index contributed by atoms with van der Waals surface area (Å²) in [5.74, 6) is -0.00591. The van der Waals surface area contributed by atoms with Gasteiger partial charge in [-0.1, -0.05) is 392 Å². The third-order valence-electron chi connectivity index (χ3n) is 18.3. The minimum absolute atomic E-state index is 0.0210. The Morgan fingerprint density at radius 2 is 0.566 bits per heavy atom. The largest absolute Gasteiger partial charge is 0.466 e. The molecule has 83 heavy (non-hydrogen) atoms. The molecule has 0 saturated carbocycles. The van der Waals surface area contributed by atoms with E-state index in [1.807, 2.05) is 0 Å². The molecule has 0 fully saturated rings. The number of ether oxygens (including phenoxy) is 1. The summed E-state index contributed by atoms with van der Waals surface area (Å²) in [4.78, 5) is 24.6. The van der Waals surface area contributed by atoms with Crippen molar-refractivity contribution < 1.29 is 24.5 Å². The average Bonchev–Trinajstić information content (AvgIpc) is 3.49. The fourth-order valence-corrected chi connectivity index (χ4v) is 12.5. The van der Waals surface area contributed by atoms with Crippen LogP contribution in [0.5, 0.6) is 0 Å². The van der Waals surface area contributed by atoms with Gasteiger partial charge in [0.1, 0.15) is 0 Å². The first-order valence-electron chi connectivity index (χ1n) is 38.4. The zero-order chi connectivity index (χ0) is 59.9. The second-order valence-corrected chi connectivity index (χ2v) is 26.7. The van der Waals surface area contributed by atoms with Crippen LogP contribution in [-0.2, 0) is 14.3 Å². The molecule has 0 aromatic carbocycles. The summed E-state index contributed by atoms with van der Waals surface area (Å²) in [6.45, 7) is 4.99. The number of carbonyl (C=O) groups excluding carboxylic acids is 2. The van der Waals surface area contributed by atoms with Gasteiger partial charge in [-0.15, -0.1) is 0 Å². The van der Waals surface area contributed by atoms with Gasteiger partial charge >= 0.3 is 5.97 Å². The molecular formula is C77H151NO5. The minimum Gasteiger partial charge on any atom is -0.466 e. The molecule has 1 amide bonds. The zero-order valence-electron chi connectivity index (χ0n) is 56.7. The van der Waals surface area contributed by atoms with Crippen LogP contribution in [-0.4, -0.2) is 47.4 Å². The zero-order valence-corrected chi connectivity index (χ0v) is 56.7. The third kappa shape index (κ3) is 69.6. The van der Waals surface area contributed by atoms with Crippen LogP contribution < -0.4 is 5.32 Å². The maximum absolute atomic E-state index is 12.5. The molecule has 0 heterocycles. The van der Waals surface area contributed by atoms with E-state index >= 15 is 0 Å². The summed E-state index contributed by atoms with van der Waals surface area (Å²) in [5.41, 5.74) is 0. The molecule has 0 radical (unpaired) electrons. The lowest BCUT2D eigenvalue weighted by molar-refractivity contribution is -0.143. The van der Waals surface area contributed by atoms with E-state index in [1.165, 1.54) is 372 Å². The Bertz CT molecular complexity index is 1260. The van der Waals surface area contributed by atoms with Gasteiger partial charge in [0.05, 0.1) is 25.4 Å². The summed E-state index contributed by atoms with van der Waals surface area (Å²) in [6, 6.07) is -0.535. The summed E-state index contributed by atoms with van der Waals surface area (Å²) in [6.07, 6.45) is 91.7. The fraction of sp³-hybridized carbons (Fsp3) is 0.948. The predicted octanol–water partition coefficient (Wildman–Crippen LogP) is 25.1. The van der Waals surface area contributed by atoms with Crippen LogP contribution >= 0.6 is 0 Å². The normalized spacial score (nSPS) is 12.5. The molecule has 0 rings (SSSR count). The van der Waals surface area contributed by atoms with Crippen LogP contribution in [0.25, 0.3) is 0 Å². The van der Waals surface area contributed by atoms with Gasteiger partial charge in [0.25, 0.3) is 0 Å². The van der Waals surface area contributed by atoms with Crippen LogP contribution in [0.3, 0.4) is 0 Å². The second kappa shape index (κ2) is 73.1. The lowest BCUT2D eigenvalue weighted by atomic mass is 10.0. The number of esters is 1. The molecule has 3 N–H and O–H groups in total. The van der Waals surface area contributed by atoms with Gasteiger partial charge < -0.3 is 20.3 Å².